The number of methoxy groups -OCH3 is 1. The molecule has 3 unspecified atom stereocenters. The standard InChI is InChI=1S/C18H25ClN2O2.ClH/c1-23-17(13-3-2-4-14(19)10-13)11-20-18(22)9-12-7-15-5-6-16(8-12)21-15;/h2-4,10,12,15-17,21H,5-9,11H2,1H3,(H,20,22);1H. The molecule has 2 aliphatic heterocycles. The van der Waals surface area contributed by atoms with Gasteiger partial charge in [0.2, 0.25) is 5.91 Å². The second kappa shape index (κ2) is 9.04. The molecule has 1 aromatic rings. The molecule has 3 rings (SSSR count). The zero-order valence-corrected chi connectivity index (χ0v) is 15.5. The summed E-state index contributed by atoms with van der Waals surface area (Å²) < 4.78 is 5.49. The maximum Gasteiger partial charge on any atom is 0.220 e. The smallest absolute Gasteiger partial charge is 0.220 e. The fraction of sp³-hybridized carbons (Fsp3) is 0.611. The number of piperidine rings is 1. The number of halogens is 2. The second-order valence-electron chi connectivity index (χ2n) is 6.76. The highest BCUT2D eigenvalue weighted by atomic mass is 35.5. The normalized spacial score (nSPS) is 26.5. The van der Waals surface area contributed by atoms with Crippen LogP contribution in [0.3, 0.4) is 0 Å². The maximum atomic E-state index is 12.3. The number of hydrogen-bond donors (Lipinski definition) is 2. The van der Waals surface area contributed by atoms with Crippen molar-refractivity contribution in [2.45, 2.75) is 50.3 Å². The topological polar surface area (TPSA) is 50.4 Å². The van der Waals surface area contributed by atoms with E-state index in [0.29, 0.717) is 36.0 Å². The Hall–Kier alpha value is -0.810. The van der Waals surface area contributed by atoms with Crippen molar-refractivity contribution in [3.05, 3.63) is 34.9 Å². The summed E-state index contributed by atoms with van der Waals surface area (Å²) in [5.74, 6) is 0.640. The van der Waals surface area contributed by atoms with Gasteiger partial charge in [-0.1, -0.05) is 23.7 Å². The minimum Gasteiger partial charge on any atom is -0.375 e. The van der Waals surface area contributed by atoms with Crippen LogP contribution in [0.1, 0.15) is 43.8 Å². The average Bonchev–Trinajstić information content (AvgIpc) is 2.87. The summed E-state index contributed by atoms with van der Waals surface area (Å²) in [5, 5.41) is 7.32. The van der Waals surface area contributed by atoms with E-state index in [9.17, 15) is 4.79 Å². The van der Waals surface area contributed by atoms with E-state index in [1.54, 1.807) is 7.11 Å². The van der Waals surface area contributed by atoms with Gasteiger partial charge in [-0.3, -0.25) is 4.79 Å². The largest absolute Gasteiger partial charge is 0.375 e. The molecule has 2 saturated heterocycles. The van der Waals surface area contributed by atoms with Crippen LogP contribution in [0.25, 0.3) is 0 Å². The number of fused-ring (bicyclic) bond motifs is 2. The quantitative estimate of drug-likeness (QED) is 0.803. The summed E-state index contributed by atoms with van der Waals surface area (Å²) in [6.45, 7) is 0.480. The van der Waals surface area contributed by atoms with E-state index in [1.807, 2.05) is 24.3 Å². The molecule has 3 atom stereocenters. The summed E-state index contributed by atoms with van der Waals surface area (Å²) >= 11 is 6.02. The van der Waals surface area contributed by atoms with Crippen molar-refractivity contribution in [1.29, 1.82) is 0 Å². The minimum atomic E-state index is -0.165. The van der Waals surface area contributed by atoms with Crippen molar-refractivity contribution in [1.82, 2.24) is 10.6 Å². The van der Waals surface area contributed by atoms with Crippen molar-refractivity contribution in [3.63, 3.8) is 0 Å². The monoisotopic (exact) mass is 372 g/mol. The van der Waals surface area contributed by atoms with E-state index in [1.165, 1.54) is 12.8 Å². The molecule has 2 aliphatic rings. The maximum absolute atomic E-state index is 12.3. The van der Waals surface area contributed by atoms with Crippen LogP contribution in [-0.4, -0.2) is 31.6 Å². The molecule has 2 heterocycles. The predicted octanol–water partition coefficient (Wildman–Crippen LogP) is 3.49. The van der Waals surface area contributed by atoms with Crippen LogP contribution in [-0.2, 0) is 9.53 Å². The van der Waals surface area contributed by atoms with Gasteiger partial charge in [-0.05, 0) is 49.3 Å². The molecular weight excluding hydrogens is 347 g/mol. The Morgan fingerprint density at radius 2 is 2.08 bits per heavy atom. The molecule has 2 bridgehead atoms. The van der Waals surface area contributed by atoms with Gasteiger partial charge >= 0.3 is 0 Å². The summed E-state index contributed by atoms with van der Waals surface area (Å²) in [7, 11) is 1.65. The lowest BCUT2D eigenvalue weighted by Gasteiger charge is -2.28. The van der Waals surface area contributed by atoms with Crippen LogP contribution in [0.15, 0.2) is 24.3 Å². The van der Waals surface area contributed by atoms with Gasteiger partial charge < -0.3 is 15.4 Å². The second-order valence-corrected chi connectivity index (χ2v) is 7.20. The first-order chi connectivity index (χ1) is 11.1. The number of benzene rings is 1. The molecule has 0 spiro atoms. The van der Waals surface area contributed by atoms with Gasteiger partial charge in [0, 0.05) is 37.2 Å². The Labute approximate surface area is 155 Å². The Balaban J connectivity index is 0.00000208. The number of nitrogens with one attached hydrogen (secondary N) is 2. The Kier molecular flexibility index (Phi) is 7.35. The summed E-state index contributed by atoms with van der Waals surface area (Å²) in [6.07, 6.45) is 5.26. The van der Waals surface area contributed by atoms with Gasteiger partial charge in [-0.2, -0.15) is 0 Å². The van der Waals surface area contributed by atoms with Crippen LogP contribution >= 0.6 is 24.0 Å². The molecule has 0 aromatic heterocycles. The van der Waals surface area contributed by atoms with Gasteiger partial charge in [-0.15, -0.1) is 12.4 Å². The van der Waals surface area contributed by atoms with E-state index in [0.717, 1.165) is 18.4 Å². The zero-order valence-electron chi connectivity index (χ0n) is 14.0. The summed E-state index contributed by atoms with van der Waals surface area (Å²) in [6, 6.07) is 8.84. The third kappa shape index (κ3) is 5.09. The van der Waals surface area contributed by atoms with Crippen molar-refractivity contribution in [2.75, 3.05) is 13.7 Å². The highest BCUT2D eigenvalue weighted by molar-refractivity contribution is 6.30. The molecule has 2 N–H and O–H groups in total. The zero-order chi connectivity index (χ0) is 16.2. The molecular formula is C18H26Cl2N2O2. The van der Waals surface area contributed by atoms with Crippen LogP contribution in [0.5, 0.6) is 0 Å². The highest BCUT2D eigenvalue weighted by Gasteiger charge is 2.34. The number of rotatable bonds is 6. The lowest BCUT2D eigenvalue weighted by Crippen LogP contribution is -2.40. The van der Waals surface area contributed by atoms with E-state index >= 15 is 0 Å². The average molecular weight is 373 g/mol. The Morgan fingerprint density at radius 1 is 1.38 bits per heavy atom. The van der Waals surface area contributed by atoms with Gasteiger partial charge in [0.25, 0.3) is 0 Å². The number of carbonyl (C=O) groups excluding carboxylic acids is 1. The fourth-order valence-electron chi connectivity index (χ4n) is 3.93. The predicted molar refractivity (Wildman–Crippen MR) is 98.7 cm³/mol. The molecule has 2 fully saturated rings. The molecule has 1 amide bonds. The van der Waals surface area contributed by atoms with Gasteiger partial charge in [-0.25, -0.2) is 0 Å². The van der Waals surface area contributed by atoms with Crippen molar-refractivity contribution in [3.8, 4) is 0 Å². The molecule has 134 valence electrons. The van der Waals surface area contributed by atoms with Crippen molar-refractivity contribution in [2.24, 2.45) is 5.92 Å². The molecule has 1 aromatic carbocycles. The Bertz CT molecular complexity index is 544. The first kappa shape index (κ1) is 19.5. The SMILES string of the molecule is COC(CNC(=O)CC1CC2CCC(C1)N2)c1cccc(Cl)c1.Cl. The minimum absolute atomic E-state index is 0. The number of hydrogen-bond acceptors (Lipinski definition) is 3. The Morgan fingerprint density at radius 3 is 2.71 bits per heavy atom. The third-order valence-electron chi connectivity index (χ3n) is 5.03. The van der Waals surface area contributed by atoms with Crippen LogP contribution < -0.4 is 10.6 Å². The van der Waals surface area contributed by atoms with Crippen LogP contribution in [0.2, 0.25) is 5.02 Å². The molecule has 24 heavy (non-hydrogen) atoms. The summed E-state index contributed by atoms with van der Waals surface area (Å²) in [4.78, 5) is 12.3. The van der Waals surface area contributed by atoms with E-state index in [4.69, 9.17) is 16.3 Å². The molecule has 4 nitrogen and oxygen atoms in total. The third-order valence-corrected chi connectivity index (χ3v) is 5.27. The number of carbonyl (C=O) groups is 1. The first-order valence-electron chi connectivity index (χ1n) is 8.45. The number of ether oxygens (including phenoxy) is 1. The molecule has 0 aliphatic carbocycles. The van der Waals surface area contributed by atoms with Gasteiger partial charge in [0.05, 0.1) is 6.10 Å². The molecule has 0 saturated carbocycles. The van der Waals surface area contributed by atoms with Crippen molar-refractivity contribution < 1.29 is 9.53 Å². The fourth-order valence-corrected chi connectivity index (χ4v) is 4.13. The van der Waals surface area contributed by atoms with E-state index in [2.05, 4.69) is 10.6 Å². The highest BCUT2D eigenvalue weighted by Crippen LogP contribution is 2.32. The molecule has 6 heteroatoms. The lowest BCUT2D eigenvalue weighted by atomic mass is 9.89. The first-order valence-corrected chi connectivity index (χ1v) is 8.83. The van der Waals surface area contributed by atoms with Gasteiger partial charge in [0.1, 0.15) is 0 Å². The van der Waals surface area contributed by atoms with Crippen LogP contribution in [0.4, 0.5) is 0 Å². The van der Waals surface area contributed by atoms with Crippen LogP contribution in [0, 0.1) is 5.92 Å². The summed E-state index contributed by atoms with van der Waals surface area (Å²) in [5.41, 5.74) is 0.986. The van der Waals surface area contributed by atoms with Crippen molar-refractivity contribution >= 4 is 29.9 Å². The van der Waals surface area contributed by atoms with E-state index < -0.39 is 0 Å². The lowest BCUT2D eigenvalue weighted by molar-refractivity contribution is -0.122. The van der Waals surface area contributed by atoms with E-state index in [-0.39, 0.29) is 24.4 Å². The molecule has 0 radical (unpaired) electrons. The van der Waals surface area contributed by atoms with Gasteiger partial charge in [0.15, 0.2) is 0 Å². The number of amides is 1.